The van der Waals surface area contributed by atoms with Gasteiger partial charge in [0.2, 0.25) is 0 Å². The van der Waals surface area contributed by atoms with E-state index in [1.165, 1.54) is 44.5 Å². The minimum atomic E-state index is -0.167. The summed E-state index contributed by atoms with van der Waals surface area (Å²) in [5, 5.41) is 0.844. The topological polar surface area (TPSA) is 0 Å². The predicted molar refractivity (Wildman–Crippen MR) is 103 cm³/mol. The molecule has 0 N–H and O–H groups in total. The van der Waals surface area contributed by atoms with Crippen LogP contribution in [0, 0.1) is 20.8 Å². The fraction of sp³-hybridized carbons (Fsp3) is 0.217. The number of rotatable bonds is 1. The van der Waals surface area contributed by atoms with Crippen LogP contribution in [-0.4, -0.2) is 0 Å². The molecular weight excluding hydrogens is 312 g/mol. The van der Waals surface area contributed by atoms with Crippen LogP contribution in [0.25, 0.3) is 11.1 Å². The van der Waals surface area contributed by atoms with E-state index in [9.17, 15) is 0 Å². The largest absolute Gasteiger partial charge is 0.0837 e. The van der Waals surface area contributed by atoms with Gasteiger partial charge in [-0.15, -0.1) is 0 Å². The average molecular weight is 333 g/mol. The van der Waals surface area contributed by atoms with Gasteiger partial charge >= 0.3 is 0 Å². The quantitative estimate of drug-likeness (QED) is 0.471. The highest BCUT2D eigenvalue weighted by Crippen LogP contribution is 2.56. The molecule has 1 atom stereocenters. The molecule has 0 aliphatic heterocycles. The van der Waals surface area contributed by atoms with Crippen LogP contribution in [-0.2, 0) is 5.41 Å². The third kappa shape index (κ3) is 1.87. The van der Waals surface area contributed by atoms with Gasteiger partial charge in [-0.2, -0.15) is 0 Å². The predicted octanol–water partition coefficient (Wildman–Crippen LogP) is 6.60. The molecule has 0 spiro atoms. The van der Waals surface area contributed by atoms with Crippen LogP contribution in [0.15, 0.2) is 54.6 Å². The van der Waals surface area contributed by atoms with Crippen molar-refractivity contribution in [3.8, 4) is 11.1 Å². The molecule has 1 aliphatic carbocycles. The van der Waals surface area contributed by atoms with Crippen LogP contribution >= 0.6 is 11.6 Å². The zero-order valence-corrected chi connectivity index (χ0v) is 15.3. The van der Waals surface area contributed by atoms with Crippen molar-refractivity contribution in [2.24, 2.45) is 0 Å². The van der Waals surface area contributed by atoms with Gasteiger partial charge in [0.25, 0.3) is 0 Å². The maximum absolute atomic E-state index is 6.66. The molecule has 0 amide bonds. The first-order valence-corrected chi connectivity index (χ1v) is 8.80. The Bertz CT molecular complexity index is 954. The Balaban J connectivity index is 2.19. The Morgan fingerprint density at radius 3 is 2.25 bits per heavy atom. The van der Waals surface area contributed by atoms with Gasteiger partial charge in [0.15, 0.2) is 0 Å². The summed E-state index contributed by atoms with van der Waals surface area (Å²) in [4.78, 5) is 0. The summed E-state index contributed by atoms with van der Waals surface area (Å²) in [5.41, 5.74) is 10.4. The minimum Gasteiger partial charge on any atom is -0.0837 e. The molecule has 0 bridgehead atoms. The van der Waals surface area contributed by atoms with Crippen molar-refractivity contribution >= 4 is 11.6 Å². The van der Waals surface area contributed by atoms with Gasteiger partial charge in [0, 0.05) is 16.0 Å². The highest BCUT2D eigenvalue weighted by atomic mass is 35.5. The van der Waals surface area contributed by atoms with Crippen LogP contribution in [0.1, 0.15) is 40.3 Å². The van der Waals surface area contributed by atoms with Crippen molar-refractivity contribution in [3.05, 3.63) is 93.0 Å². The van der Waals surface area contributed by atoms with Crippen molar-refractivity contribution < 1.29 is 0 Å². The van der Waals surface area contributed by atoms with Crippen molar-refractivity contribution in [1.29, 1.82) is 0 Å². The fourth-order valence-corrected chi connectivity index (χ4v) is 4.62. The molecule has 0 saturated heterocycles. The molecule has 120 valence electrons. The molecule has 0 aromatic heterocycles. The maximum Gasteiger partial charge on any atom is 0.0487 e. The summed E-state index contributed by atoms with van der Waals surface area (Å²) in [6.45, 7) is 9.01. The summed E-state index contributed by atoms with van der Waals surface area (Å²) >= 11 is 6.66. The molecule has 0 nitrogen and oxygen atoms in total. The van der Waals surface area contributed by atoms with Crippen LogP contribution in [0.4, 0.5) is 0 Å². The van der Waals surface area contributed by atoms with E-state index < -0.39 is 0 Å². The van der Waals surface area contributed by atoms with Crippen molar-refractivity contribution in [2.45, 2.75) is 33.1 Å². The van der Waals surface area contributed by atoms with Gasteiger partial charge in [0.05, 0.1) is 0 Å². The molecule has 1 aliphatic rings. The van der Waals surface area contributed by atoms with E-state index in [2.05, 4.69) is 76.2 Å². The van der Waals surface area contributed by atoms with E-state index in [0.29, 0.717) is 0 Å². The summed E-state index contributed by atoms with van der Waals surface area (Å²) in [6, 6.07) is 19.4. The SMILES string of the molecule is Cc1cc2c(c(C)c1C)C(C)(c1ccccc1)c1cccc(Cl)c1-2. The van der Waals surface area contributed by atoms with E-state index in [4.69, 9.17) is 11.6 Å². The lowest BCUT2D eigenvalue weighted by atomic mass is 9.72. The first-order valence-electron chi connectivity index (χ1n) is 8.42. The Labute approximate surface area is 149 Å². The van der Waals surface area contributed by atoms with E-state index in [1.807, 2.05) is 6.07 Å². The smallest absolute Gasteiger partial charge is 0.0487 e. The molecule has 4 rings (SSSR count). The first kappa shape index (κ1) is 15.5. The van der Waals surface area contributed by atoms with Gasteiger partial charge in [-0.25, -0.2) is 0 Å². The Hall–Kier alpha value is -2.05. The fourth-order valence-electron chi connectivity index (χ4n) is 4.34. The molecule has 1 heteroatoms. The second-order valence-electron chi connectivity index (χ2n) is 7.02. The third-order valence-corrected chi connectivity index (χ3v) is 6.15. The zero-order valence-electron chi connectivity index (χ0n) is 14.6. The van der Waals surface area contributed by atoms with E-state index >= 15 is 0 Å². The van der Waals surface area contributed by atoms with Crippen LogP contribution in [0.5, 0.6) is 0 Å². The molecular formula is C23H21Cl. The van der Waals surface area contributed by atoms with Gasteiger partial charge in [-0.05, 0) is 72.7 Å². The highest BCUT2D eigenvalue weighted by Gasteiger charge is 2.43. The highest BCUT2D eigenvalue weighted by molar-refractivity contribution is 6.34. The maximum atomic E-state index is 6.66. The number of halogens is 1. The van der Waals surface area contributed by atoms with Crippen LogP contribution < -0.4 is 0 Å². The molecule has 0 saturated carbocycles. The van der Waals surface area contributed by atoms with Crippen molar-refractivity contribution in [3.63, 3.8) is 0 Å². The number of benzene rings is 3. The molecule has 3 aromatic rings. The summed E-state index contributed by atoms with van der Waals surface area (Å²) < 4.78 is 0. The molecule has 3 aromatic carbocycles. The lowest BCUT2D eigenvalue weighted by molar-refractivity contribution is 0.707. The molecule has 0 radical (unpaired) electrons. The van der Waals surface area contributed by atoms with Gasteiger partial charge in [0.1, 0.15) is 0 Å². The molecule has 0 fully saturated rings. The van der Waals surface area contributed by atoms with Gasteiger partial charge < -0.3 is 0 Å². The molecule has 1 unspecified atom stereocenters. The Kier molecular flexibility index (Phi) is 3.37. The van der Waals surface area contributed by atoms with Gasteiger partial charge in [-0.1, -0.05) is 60.1 Å². The first-order chi connectivity index (χ1) is 11.5. The number of hydrogen-bond donors (Lipinski definition) is 0. The van der Waals surface area contributed by atoms with Crippen LogP contribution in [0.2, 0.25) is 5.02 Å². The summed E-state index contributed by atoms with van der Waals surface area (Å²) in [5.74, 6) is 0. The van der Waals surface area contributed by atoms with Gasteiger partial charge in [-0.3, -0.25) is 0 Å². The monoisotopic (exact) mass is 332 g/mol. The van der Waals surface area contributed by atoms with E-state index in [0.717, 1.165) is 5.02 Å². The van der Waals surface area contributed by atoms with Crippen molar-refractivity contribution in [1.82, 2.24) is 0 Å². The lowest BCUT2D eigenvalue weighted by Crippen LogP contribution is -2.23. The van der Waals surface area contributed by atoms with Crippen LogP contribution in [0.3, 0.4) is 0 Å². The van der Waals surface area contributed by atoms with E-state index in [-0.39, 0.29) is 5.41 Å². The number of aryl methyl sites for hydroxylation is 1. The molecule has 24 heavy (non-hydrogen) atoms. The lowest BCUT2D eigenvalue weighted by Gasteiger charge is -2.30. The third-order valence-electron chi connectivity index (χ3n) is 5.83. The average Bonchev–Trinajstić information content (AvgIpc) is 2.85. The Morgan fingerprint density at radius 2 is 1.54 bits per heavy atom. The summed E-state index contributed by atoms with van der Waals surface area (Å²) in [6.07, 6.45) is 0. The zero-order chi connectivity index (χ0) is 17.1. The molecule has 0 heterocycles. The minimum absolute atomic E-state index is 0.167. The summed E-state index contributed by atoms with van der Waals surface area (Å²) in [7, 11) is 0. The normalized spacial score (nSPS) is 18.4. The number of fused-ring (bicyclic) bond motifs is 3. The number of hydrogen-bond acceptors (Lipinski definition) is 0. The Morgan fingerprint density at radius 1 is 0.833 bits per heavy atom. The van der Waals surface area contributed by atoms with E-state index in [1.54, 1.807) is 0 Å². The van der Waals surface area contributed by atoms with Crippen molar-refractivity contribution in [2.75, 3.05) is 0 Å². The second kappa shape index (κ2) is 5.22. The standard InChI is InChI=1S/C23H21Cl/c1-14-13-18-21-19(11-8-12-20(21)24)23(4,17-9-6-5-7-10-17)22(18)16(3)15(14)2/h5-13H,1-4H3. The second-order valence-corrected chi connectivity index (χ2v) is 7.43.